The highest BCUT2D eigenvalue weighted by Crippen LogP contribution is 2.24. The van der Waals surface area contributed by atoms with Crippen LogP contribution < -0.4 is 10.6 Å². The molecule has 0 radical (unpaired) electrons. The molecule has 5 nitrogen and oxygen atoms in total. The summed E-state index contributed by atoms with van der Waals surface area (Å²) < 4.78 is 13.3. The van der Waals surface area contributed by atoms with Crippen molar-refractivity contribution in [1.29, 1.82) is 0 Å². The molecule has 0 saturated heterocycles. The zero-order chi connectivity index (χ0) is 20.7. The second-order valence-corrected chi connectivity index (χ2v) is 7.21. The maximum Gasteiger partial charge on any atom is 0.238 e. The lowest BCUT2D eigenvalue weighted by Gasteiger charge is -2.22. The van der Waals surface area contributed by atoms with Gasteiger partial charge in [0.15, 0.2) is 0 Å². The van der Waals surface area contributed by atoms with Gasteiger partial charge in [-0.2, -0.15) is 0 Å². The van der Waals surface area contributed by atoms with Crippen LogP contribution in [0, 0.1) is 0 Å². The molecule has 7 heteroatoms. The summed E-state index contributed by atoms with van der Waals surface area (Å²) in [5, 5.41) is 14.7. The van der Waals surface area contributed by atoms with Crippen LogP contribution in [0.2, 0.25) is 0 Å². The maximum absolute atomic E-state index is 13.3. The molecule has 0 spiro atoms. The number of carbonyl (C=O) groups is 2. The maximum atomic E-state index is 13.3. The van der Waals surface area contributed by atoms with Gasteiger partial charge < -0.3 is 15.7 Å². The van der Waals surface area contributed by atoms with Gasteiger partial charge in [-0.05, 0) is 29.2 Å². The van der Waals surface area contributed by atoms with E-state index < -0.39 is 30.1 Å². The Morgan fingerprint density at radius 1 is 1.07 bits per heavy atom. The number of nitrogens with one attached hydrogen (secondary N) is 2. The number of aliphatic hydroxyl groups is 1. The van der Waals surface area contributed by atoms with Gasteiger partial charge in [-0.3, -0.25) is 9.59 Å². The number of benzene rings is 2. The first-order valence-electron chi connectivity index (χ1n) is 8.94. The molecule has 28 heavy (non-hydrogen) atoms. The average Bonchev–Trinajstić information content (AvgIpc) is 2.70. The van der Waals surface area contributed by atoms with Gasteiger partial charge in [-0.15, -0.1) is 11.6 Å². The number of hydrogen-bond donors (Lipinski definition) is 3. The van der Waals surface area contributed by atoms with Crippen molar-refractivity contribution in [2.75, 3.05) is 6.67 Å². The summed E-state index contributed by atoms with van der Waals surface area (Å²) in [6.07, 6.45) is -1.18. The van der Waals surface area contributed by atoms with E-state index in [0.717, 1.165) is 16.7 Å². The molecule has 3 N–H and O–H groups in total. The van der Waals surface area contributed by atoms with Gasteiger partial charge in [0.2, 0.25) is 11.8 Å². The van der Waals surface area contributed by atoms with Crippen LogP contribution in [0.1, 0.15) is 31.1 Å². The first-order chi connectivity index (χ1) is 13.3. The second kappa shape index (κ2) is 10.2. The van der Waals surface area contributed by atoms with Crippen molar-refractivity contribution in [2.45, 2.75) is 37.9 Å². The molecule has 1 unspecified atom stereocenters. The van der Waals surface area contributed by atoms with Crippen molar-refractivity contribution < 1.29 is 19.1 Å². The molecule has 0 aliphatic heterocycles. The number of hydrogen-bond acceptors (Lipinski definition) is 3. The Morgan fingerprint density at radius 3 is 2.07 bits per heavy atom. The molecule has 0 aliphatic carbocycles. The molecular formula is C21H24ClFN2O3. The number of aliphatic hydroxyl groups excluding tert-OH is 1. The van der Waals surface area contributed by atoms with Gasteiger partial charge in [-0.1, -0.05) is 48.5 Å². The largest absolute Gasteiger partial charge is 0.386 e. The number of halogens is 2. The summed E-state index contributed by atoms with van der Waals surface area (Å²) in [5.41, 5.74) is 3.38. The highest BCUT2D eigenvalue weighted by Gasteiger charge is 2.24. The molecule has 2 aromatic carbocycles. The average molecular weight is 407 g/mol. The number of alkyl halides is 2. The third kappa shape index (κ3) is 6.04. The van der Waals surface area contributed by atoms with E-state index in [1.165, 1.54) is 13.8 Å². The van der Waals surface area contributed by atoms with Crippen molar-refractivity contribution in [3.8, 4) is 11.1 Å². The van der Waals surface area contributed by atoms with Crippen molar-refractivity contribution in [2.24, 2.45) is 0 Å². The lowest BCUT2D eigenvalue weighted by Crippen LogP contribution is -2.43. The van der Waals surface area contributed by atoms with Crippen LogP contribution in [0.4, 0.5) is 4.39 Å². The summed E-state index contributed by atoms with van der Waals surface area (Å²) in [6, 6.07) is 13.7. The minimum atomic E-state index is -1.18. The number of amides is 2. The fourth-order valence-electron chi connectivity index (χ4n) is 2.65. The third-order valence-corrected chi connectivity index (χ3v) is 4.52. The topological polar surface area (TPSA) is 78.4 Å². The van der Waals surface area contributed by atoms with Gasteiger partial charge in [0, 0.05) is 13.5 Å². The molecule has 3 atom stereocenters. The molecule has 0 fully saturated rings. The van der Waals surface area contributed by atoms with Crippen molar-refractivity contribution in [3.05, 3.63) is 59.7 Å². The molecule has 0 aliphatic rings. The van der Waals surface area contributed by atoms with Crippen LogP contribution in [0.25, 0.3) is 11.1 Å². The zero-order valence-corrected chi connectivity index (χ0v) is 16.5. The van der Waals surface area contributed by atoms with Crippen molar-refractivity contribution in [3.63, 3.8) is 0 Å². The SMILES string of the molecule is CC(=O)NCc1ccc(-c2ccc([C@@H](O)[C@@H](CF)NC(=O)C(C)Cl)cc2)cc1. The third-order valence-electron chi connectivity index (χ3n) is 4.32. The molecule has 150 valence electrons. The normalized spacial score (nSPS) is 14.0. The highest BCUT2D eigenvalue weighted by molar-refractivity contribution is 6.30. The first-order valence-corrected chi connectivity index (χ1v) is 9.37. The second-order valence-electron chi connectivity index (χ2n) is 6.56. The molecule has 0 aromatic heterocycles. The van der Waals surface area contributed by atoms with Gasteiger partial charge >= 0.3 is 0 Å². The van der Waals surface area contributed by atoms with Crippen LogP contribution in [0.3, 0.4) is 0 Å². The van der Waals surface area contributed by atoms with E-state index in [4.69, 9.17) is 11.6 Å². The van der Waals surface area contributed by atoms with E-state index in [9.17, 15) is 19.1 Å². The van der Waals surface area contributed by atoms with Gasteiger partial charge in [0.05, 0.1) is 6.04 Å². The van der Waals surface area contributed by atoms with Crippen LogP contribution in [-0.2, 0) is 16.1 Å². The van der Waals surface area contributed by atoms with Gasteiger partial charge in [0.25, 0.3) is 0 Å². The molecule has 2 amide bonds. The monoisotopic (exact) mass is 406 g/mol. The van der Waals surface area contributed by atoms with Crippen molar-refractivity contribution in [1.82, 2.24) is 10.6 Å². The lowest BCUT2D eigenvalue weighted by atomic mass is 9.98. The van der Waals surface area contributed by atoms with Crippen LogP contribution in [0.5, 0.6) is 0 Å². The van der Waals surface area contributed by atoms with Crippen molar-refractivity contribution >= 4 is 23.4 Å². The molecule has 0 bridgehead atoms. The zero-order valence-electron chi connectivity index (χ0n) is 15.8. The standard InChI is InChI=1S/C21H24ClFN2O3/c1-13(22)21(28)25-19(11-23)20(27)18-9-7-17(8-10-18)16-5-3-15(4-6-16)12-24-14(2)26/h3-10,13,19-20,27H,11-12H2,1-2H3,(H,24,26)(H,25,28)/t13?,19-,20-/m1/s1. The van der Waals surface area contributed by atoms with E-state index >= 15 is 0 Å². The predicted octanol–water partition coefficient (Wildman–Crippen LogP) is 3.10. The molecule has 0 saturated carbocycles. The van der Waals surface area contributed by atoms with E-state index in [1.54, 1.807) is 12.1 Å². The minimum Gasteiger partial charge on any atom is -0.386 e. The fraction of sp³-hybridized carbons (Fsp3) is 0.333. The smallest absolute Gasteiger partial charge is 0.238 e. The molecule has 0 heterocycles. The Bertz CT molecular complexity index is 794. The summed E-state index contributed by atoms with van der Waals surface area (Å²) in [6.45, 7) is 2.51. The molecule has 2 rings (SSSR count). The Hall–Kier alpha value is -2.44. The van der Waals surface area contributed by atoms with E-state index in [2.05, 4.69) is 10.6 Å². The molecular weight excluding hydrogens is 383 g/mol. The van der Waals surface area contributed by atoms with Crippen LogP contribution in [-0.4, -0.2) is 35.0 Å². The Labute approximate surface area is 168 Å². The van der Waals surface area contributed by atoms with Gasteiger partial charge in [0.1, 0.15) is 18.2 Å². The summed E-state index contributed by atoms with van der Waals surface area (Å²) in [5.74, 6) is -0.610. The van der Waals surface area contributed by atoms with E-state index in [0.29, 0.717) is 12.1 Å². The quantitative estimate of drug-likeness (QED) is 0.589. The summed E-state index contributed by atoms with van der Waals surface area (Å²) in [7, 11) is 0. The van der Waals surface area contributed by atoms with E-state index in [1.807, 2.05) is 36.4 Å². The number of rotatable bonds is 8. The Balaban J connectivity index is 2.07. The number of carbonyl (C=O) groups excluding carboxylic acids is 2. The lowest BCUT2D eigenvalue weighted by molar-refractivity contribution is -0.122. The minimum absolute atomic E-state index is 0.0819. The van der Waals surface area contributed by atoms with Gasteiger partial charge in [-0.25, -0.2) is 4.39 Å². The summed E-state index contributed by atoms with van der Waals surface area (Å²) in [4.78, 5) is 22.6. The first kappa shape index (κ1) is 21.9. The Kier molecular flexibility index (Phi) is 7.96. The van der Waals surface area contributed by atoms with Crippen LogP contribution in [0.15, 0.2) is 48.5 Å². The van der Waals surface area contributed by atoms with E-state index in [-0.39, 0.29) is 5.91 Å². The predicted molar refractivity (Wildman–Crippen MR) is 108 cm³/mol. The fourth-order valence-corrected chi connectivity index (χ4v) is 2.71. The van der Waals surface area contributed by atoms with Crippen LogP contribution >= 0.6 is 11.6 Å². The molecule has 2 aromatic rings. The summed E-state index contributed by atoms with van der Waals surface area (Å²) >= 11 is 5.68. The Morgan fingerprint density at radius 2 is 1.61 bits per heavy atom. The highest BCUT2D eigenvalue weighted by atomic mass is 35.5.